The summed E-state index contributed by atoms with van der Waals surface area (Å²) in [6.07, 6.45) is 0.168. The van der Waals surface area contributed by atoms with Gasteiger partial charge >= 0.3 is 0 Å². The SMILES string of the molecule is CCOc1cc([N+](=O)[O-])cc2c1C(=O)Cc1ccccc1O2. The highest BCUT2D eigenvalue weighted by molar-refractivity contribution is 6.04. The Hall–Kier alpha value is -2.89. The van der Waals surface area contributed by atoms with Gasteiger partial charge in [-0.3, -0.25) is 14.9 Å². The molecule has 2 aromatic rings. The van der Waals surface area contributed by atoms with Crippen LogP contribution < -0.4 is 9.47 Å². The summed E-state index contributed by atoms with van der Waals surface area (Å²) in [6.45, 7) is 2.05. The number of hydrogen-bond donors (Lipinski definition) is 0. The van der Waals surface area contributed by atoms with Gasteiger partial charge in [0.05, 0.1) is 23.7 Å². The second-order valence-corrected chi connectivity index (χ2v) is 4.82. The van der Waals surface area contributed by atoms with Gasteiger partial charge in [0.1, 0.15) is 22.8 Å². The number of ether oxygens (including phenoxy) is 2. The number of carbonyl (C=O) groups excluding carboxylic acids is 1. The number of para-hydroxylation sites is 1. The summed E-state index contributed by atoms with van der Waals surface area (Å²) in [5.41, 5.74) is 0.826. The molecule has 0 saturated carbocycles. The molecule has 0 bridgehead atoms. The number of benzene rings is 2. The number of rotatable bonds is 3. The lowest BCUT2D eigenvalue weighted by Gasteiger charge is -2.12. The number of Topliss-reactive ketones (excluding diaryl/α,β-unsaturated/α-hetero) is 1. The van der Waals surface area contributed by atoms with Crippen LogP contribution in [0.1, 0.15) is 22.8 Å². The Labute approximate surface area is 126 Å². The molecule has 0 N–H and O–H groups in total. The van der Waals surface area contributed by atoms with Gasteiger partial charge in [-0.05, 0) is 13.0 Å². The van der Waals surface area contributed by atoms with Crippen molar-refractivity contribution in [3.05, 3.63) is 57.6 Å². The summed E-state index contributed by atoms with van der Waals surface area (Å²) >= 11 is 0. The van der Waals surface area contributed by atoms with Crippen molar-refractivity contribution in [2.75, 3.05) is 6.61 Å². The predicted octanol–water partition coefficient (Wildman–Crippen LogP) is 3.52. The number of fused-ring (bicyclic) bond motifs is 2. The van der Waals surface area contributed by atoms with Crippen molar-refractivity contribution < 1.29 is 19.2 Å². The van der Waals surface area contributed by atoms with Crippen LogP contribution in [0.4, 0.5) is 5.69 Å². The van der Waals surface area contributed by atoms with Crippen molar-refractivity contribution in [2.24, 2.45) is 0 Å². The largest absolute Gasteiger partial charge is 0.493 e. The number of nitro benzene ring substituents is 1. The van der Waals surface area contributed by atoms with Crippen molar-refractivity contribution in [2.45, 2.75) is 13.3 Å². The van der Waals surface area contributed by atoms with Gasteiger partial charge in [0.15, 0.2) is 5.78 Å². The summed E-state index contributed by atoms with van der Waals surface area (Å²) in [6, 6.07) is 9.66. The third kappa shape index (κ3) is 2.39. The Morgan fingerprint density at radius 2 is 2.05 bits per heavy atom. The van der Waals surface area contributed by atoms with Gasteiger partial charge in [0.2, 0.25) is 0 Å². The minimum Gasteiger partial charge on any atom is -0.493 e. The van der Waals surface area contributed by atoms with Crippen LogP contribution in [0.3, 0.4) is 0 Å². The molecule has 6 heteroatoms. The summed E-state index contributed by atoms with van der Waals surface area (Å²) in [7, 11) is 0. The molecule has 0 aliphatic carbocycles. The van der Waals surface area contributed by atoms with Gasteiger partial charge in [0, 0.05) is 12.0 Å². The number of nitrogens with zero attached hydrogens (tertiary/aromatic N) is 1. The van der Waals surface area contributed by atoms with Gasteiger partial charge in [-0.15, -0.1) is 0 Å². The van der Waals surface area contributed by atoms with Crippen LogP contribution in [-0.2, 0) is 6.42 Å². The molecule has 0 saturated heterocycles. The zero-order valence-electron chi connectivity index (χ0n) is 11.9. The summed E-state index contributed by atoms with van der Waals surface area (Å²) in [5.74, 6) is 0.688. The van der Waals surface area contributed by atoms with Crippen LogP contribution in [0.15, 0.2) is 36.4 Å². The van der Waals surface area contributed by atoms with Crippen LogP contribution in [0.2, 0.25) is 0 Å². The minimum absolute atomic E-state index is 0.160. The van der Waals surface area contributed by atoms with Crippen molar-refractivity contribution in [1.29, 1.82) is 0 Å². The molecule has 0 aromatic heterocycles. The lowest BCUT2D eigenvalue weighted by Crippen LogP contribution is -2.07. The zero-order valence-corrected chi connectivity index (χ0v) is 11.9. The third-order valence-corrected chi connectivity index (χ3v) is 3.38. The van der Waals surface area contributed by atoms with Gasteiger partial charge in [-0.1, -0.05) is 18.2 Å². The van der Waals surface area contributed by atoms with E-state index in [1.165, 1.54) is 12.1 Å². The molecule has 22 heavy (non-hydrogen) atoms. The summed E-state index contributed by atoms with van der Waals surface area (Å²) < 4.78 is 11.2. The fourth-order valence-corrected chi connectivity index (χ4v) is 2.44. The summed E-state index contributed by atoms with van der Waals surface area (Å²) in [4.78, 5) is 23.0. The molecule has 0 spiro atoms. The highest BCUT2D eigenvalue weighted by Crippen LogP contribution is 2.40. The van der Waals surface area contributed by atoms with Crippen molar-refractivity contribution >= 4 is 11.5 Å². The Kier molecular flexibility index (Phi) is 3.50. The Bertz CT molecular complexity index is 769. The minimum atomic E-state index is -0.534. The zero-order chi connectivity index (χ0) is 15.7. The van der Waals surface area contributed by atoms with E-state index in [1.54, 1.807) is 25.1 Å². The van der Waals surface area contributed by atoms with Crippen LogP contribution in [0, 0.1) is 10.1 Å². The molecule has 112 valence electrons. The Morgan fingerprint density at radius 1 is 1.27 bits per heavy atom. The highest BCUT2D eigenvalue weighted by Gasteiger charge is 2.28. The Balaban J connectivity index is 2.20. The average Bonchev–Trinajstić information content (AvgIpc) is 2.63. The Morgan fingerprint density at radius 3 is 2.77 bits per heavy atom. The first-order valence-electron chi connectivity index (χ1n) is 6.84. The van der Waals surface area contributed by atoms with E-state index < -0.39 is 4.92 Å². The fraction of sp³-hybridized carbons (Fsp3) is 0.188. The van der Waals surface area contributed by atoms with Gasteiger partial charge in [-0.2, -0.15) is 0 Å². The van der Waals surface area contributed by atoms with Crippen LogP contribution in [-0.4, -0.2) is 17.3 Å². The smallest absolute Gasteiger partial charge is 0.276 e. The van der Waals surface area contributed by atoms with Crippen LogP contribution >= 0.6 is 0 Å². The molecule has 1 aliphatic heterocycles. The molecule has 1 heterocycles. The molecular weight excluding hydrogens is 286 g/mol. The lowest BCUT2D eigenvalue weighted by atomic mass is 10.0. The van der Waals surface area contributed by atoms with Crippen LogP contribution in [0.25, 0.3) is 0 Å². The molecule has 0 fully saturated rings. The molecule has 0 radical (unpaired) electrons. The number of carbonyl (C=O) groups is 1. The first-order valence-corrected chi connectivity index (χ1v) is 6.84. The number of non-ortho nitro benzene ring substituents is 1. The maximum atomic E-state index is 12.5. The van der Waals surface area contributed by atoms with E-state index in [0.29, 0.717) is 12.4 Å². The van der Waals surface area contributed by atoms with Crippen molar-refractivity contribution in [3.63, 3.8) is 0 Å². The summed E-state index contributed by atoms with van der Waals surface area (Å²) in [5, 5.41) is 11.1. The maximum Gasteiger partial charge on any atom is 0.276 e. The van der Waals surface area contributed by atoms with Gasteiger partial charge in [-0.25, -0.2) is 0 Å². The maximum absolute atomic E-state index is 12.5. The first-order chi connectivity index (χ1) is 10.6. The van der Waals surface area contributed by atoms with E-state index in [1.807, 2.05) is 6.07 Å². The second-order valence-electron chi connectivity index (χ2n) is 4.82. The average molecular weight is 299 g/mol. The van der Waals surface area contributed by atoms with Crippen molar-refractivity contribution in [3.8, 4) is 17.2 Å². The fourth-order valence-electron chi connectivity index (χ4n) is 2.44. The number of nitro groups is 1. The topological polar surface area (TPSA) is 78.7 Å². The predicted molar refractivity (Wildman–Crippen MR) is 78.8 cm³/mol. The van der Waals surface area contributed by atoms with E-state index in [0.717, 1.165) is 5.56 Å². The van der Waals surface area contributed by atoms with E-state index in [4.69, 9.17) is 9.47 Å². The molecule has 1 aliphatic rings. The molecular formula is C16H13NO5. The lowest BCUT2D eigenvalue weighted by molar-refractivity contribution is -0.385. The number of ketones is 1. The number of hydrogen-bond acceptors (Lipinski definition) is 5. The monoisotopic (exact) mass is 299 g/mol. The first kappa shape index (κ1) is 14.1. The normalized spacial score (nSPS) is 12.7. The van der Waals surface area contributed by atoms with E-state index >= 15 is 0 Å². The molecule has 3 rings (SSSR count). The highest BCUT2D eigenvalue weighted by atomic mass is 16.6. The third-order valence-electron chi connectivity index (χ3n) is 3.38. The quantitative estimate of drug-likeness (QED) is 0.640. The van der Waals surface area contributed by atoms with Gasteiger partial charge in [0.25, 0.3) is 5.69 Å². The van der Waals surface area contributed by atoms with Crippen LogP contribution in [0.5, 0.6) is 17.2 Å². The van der Waals surface area contributed by atoms with E-state index in [9.17, 15) is 14.9 Å². The molecule has 0 amide bonds. The van der Waals surface area contributed by atoms with E-state index in [2.05, 4.69) is 0 Å². The molecule has 0 unspecified atom stereocenters. The second kappa shape index (κ2) is 5.48. The molecule has 6 nitrogen and oxygen atoms in total. The van der Waals surface area contributed by atoms with Crippen molar-refractivity contribution in [1.82, 2.24) is 0 Å². The molecule has 2 aromatic carbocycles. The standard InChI is InChI=1S/C16H13NO5/c1-2-21-14-8-11(17(19)20)9-15-16(14)12(18)7-10-5-3-4-6-13(10)22-15/h3-6,8-9H,2,7H2,1H3. The van der Waals surface area contributed by atoms with Gasteiger partial charge < -0.3 is 9.47 Å². The van der Waals surface area contributed by atoms with E-state index in [-0.39, 0.29) is 35.0 Å². The molecule has 0 atom stereocenters.